The number of piperidine rings is 1. The van der Waals surface area contributed by atoms with Crippen LogP contribution in [0.4, 0.5) is 18.9 Å². The van der Waals surface area contributed by atoms with E-state index in [1.807, 2.05) is 13.8 Å². The van der Waals surface area contributed by atoms with Crippen molar-refractivity contribution in [1.82, 2.24) is 4.13 Å². The topological polar surface area (TPSA) is 92.8 Å². The Bertz CT molecular complexity index is 1040. The van der Waals surface area contributed by atoms with Crippen LogP contribution >= 0.6 is 0 Å². The molecule has 1 aliphatic heterocycles. The average molecular weight is 529 g/mol. The summed E-state index contributed by atoms with van der Waals surface area (Å²) in [6.45, 7) is 4.50. The Morgan fingerprint density at radius 2 is 1.47 bits per heavy atom. The van der Waals surface area contributed by atoms with Gasteiger partial charge in [0, 0.05) is 13.1 Å². The van der Waals surface area contributed by atoms with E-state index < -0.39 is 59.9 Å². The molecule has 1 saturated heterocycles. The van der Waals surface area contributed by atoms with Gasteiger partial charge in [0.2, 0.25) is 10.0 Å². The first-order valence-corrected chi connectivity index (χ1v) is 15.2. The monoisotopic (exact) mass is 528 g/mol. The van der Waals surface area contributed by atoms with Gasteiger partial charge in [0.05, 0.1) is 12.4 Å². The molecule has 1 N–H and O–H groups in total. The molecule has 0 spiro atoms. The highest BCUT2D eigenvalue weighted by molar-refractivity contribution is 8.04. The molecule has 0 amide bonds. The Hall–Kier alpha value is -1.53. The second kappa shape index (κ2) is 12.4. The second-order valence-corrected chi connectivity index (χ2v) is 12.4. The average Bonchev–Trinajstić information content (AvgIpc) is 2.74. The van der Waals surface area contributed by atoms with Crippen LogP contribution in [0.25, 0.3) is 0 Å². The molecule has 0 saturated carbocycles. The Balaban J connectivity index is 2.68. The summed E-state index contributed by atoms with van der Waals surface area (Å²) in [5, 5.41) is 0. The molecule has 0 aromatic heterocycles. The predicted molar refractivity (Wildman–Crippen MR) is 126 cm³/mol. The maximum Gasteiger partial charge on any atom is 0.260 e. The van der Waals surface area contributed by atoms with Crippen molar-refractivity contribution in [2.75, 3.05) is 24.2 Å². The summed E-state index contributed by atoms with van der Waals surface area (Å²) in [4.78, 5) is -0.131. The zero-order chi connectivity index (χ0) is 25.5. The van der Waals surface area contributed by atoms with E-state index in [9.17, 15) is 16.8 Å². The van der Waals surface area contributed by atoms with Crippen molar-refractivity contribution in [3.8, 4) is 5.75 Å². The Labute approximate surface area is 201 Å². The standard InChI is InChI=1S/C22H35F3N2O5S2/c1-4-6-9-13-16(12-7-5-2)32-21-19(25)20(27-14-10-8-11-15-27)17(23)18(24)22(21)34(30,31)26-33(3,28)29/h16,26H,4-15H2,1-3H3. The molecule has 1 fully saturated rings. The third-order valence-corrected chi connectivity index (χ3v) is 8.70. The number of unbranched alkanes of at least 4 members (excludes halogenated alkanes) is 3. The summed E-state index contributed by atoms with van der Waals surface area (Å²) in [6, 6.07) is 0. The van der Waals surface area contributed by atoms with Crippen LogP contribution in [0, 0.1) is 17.5 Å². The lowest BCUT2D eigenvalue weighted by Crippen LogP contribution is -2.34. The minimum absolute atomic E-state index is 0.274. The lowest BCUT2D eigenvalue weighted by Gasteiger charge is -2.31. The van der Waals surface area contributed by atoms with Crippen LogP contribution in [0.2, 0.25) is 0 Å². The van der Waals surface area contributed by atoms with Crippen LogP contribution in [-0.2, 0) is 20.0 Å². The van der Waals surface area contributed by atoms with Crippen molar-refractivity contribution < 1.29 is 34.7 Å². The highest BCUT2D eigenvalue weighted by atomic mass is 32.3. The van der Waals surface area contributed by atoms with E-state index in [1.54, 1.807) is 0 Å². The second-order valence-electron chi connectivity index (χ2n) is 8.73. The molecule has 1 unspecified atom stereocenters. The van der Waals surface area contributed by atoms with E-state index in [2.05, 4.69) is 0 Å². The SMILES string of the molecule is CCCCCC(CCCC)Oc1c(F)c(N2CCCCC2)c(F)c(F)c1S(=O)(=O)NS(C)(=O)=O. The highest BCUT2D eigenvalue weighted by Gasteiger charge is 2.38. The number of halogens is 3. The molecule has 0 bridgehead atoms. The molecule has 1 aliphatic rings. The van der Waals surface area contributed by atoms with Gasteiger partial charge in [-0.15, -0.1) is 4.13 Å². The molecule has 1 atom stereocenters. The van der Waals surface area contributed by atoms with E-state index in [0.717, 1.165) is 32.1 Å². The zero-order valence-corrected chi connectivity index (χ0v) is 21.6. The summed E-state index contributed by atoms with van der Waals surface area (Å²) < 4.78 is 102. The van der Waals surface area contributed by atoms with Gasteiger partial charge in [0.1, 0.15) is 5.69 Å². The number of hydrogen-bond donors (Lipinski definition) is 1. The van der Waals surface area contributed by atoms with E-state index in [4.69, 9.17) is 4.74 Å². The summed E-state index contributed by atoms with van der Waals surface area (Å²) in [6.07, 6.45) is 6.96. The molecule has 7 nitrogen and oxygen atoms in total. The van der Waals surface area contributed by atoms with Gasteiger partial charge in [-0.3, -0.25) is 0 Å². The van der Waals surface area contributed by atoms with Gasteiger partial charge in [-0.1, -0.05) is 39.5 Å². The van der Waals surface area contributed by atoms with Crippen LogP contribution in [0.15, 0.2) is 4.90 Å². The predicted octanol–water partition coefficient (Wildman–Crippen LogP) is 4.85. The minimum atomic E-state index is -5.20. The van der Waals surface area contributed by atoms with Crippen LogP contribution in [0.3, 0.4) is 0 Å². The number of anilines is 1. The molecule has 34 heavy (non-hydrogen) atoms. The van der Waals surface area contributed by atoms with Crippen LogP contribution < -0.4 is 13.8 Å². The summed E-state index contributed by atoms with van der Waals surface area (Å²) >= 11 is 0. The van der Waals surface area contributed by atoms with E-state index >= 15 is 13.2 Å². The summed E-state index contributed by atoms with van der Waals surface area (Å²) in [5.41, 5.74) is -0.687. The van der Waals surface area contributed by atoms with E-state index in [1.165, 1.54) is 9.03 Å². The van der Waals surface area contributed by atoms with Crippen molar-refractivity contribution in [1.29, 1.82) is 0 Å². The Morgan fingerprint density at radius 1 is 0.882 bits per heavy atom. The zero-order valence-electron chi connectivity index (χ0n) is 20.0. The van der Waals surface area contributed by atoms with Crippen LogP contribution in [0.5, 0.6) is 5.75 Å². The van der Waals surface area contributed by atoms with Crippen molar-refractivity contribution in [3.05, 3.63) is 17.5 Å². The first kappa shape index (κ1) is 28.7. The molecule has 2 rings (SSSR count). The molecular formula is C22H35F3N2O5S2. The van der Waals surface area contributed by atoms with Crippen molar-refractivity contribution in [3.63, 3.8) is 0 Å². The van der Waals surface area contributed by atoms with Gasteiger partial charge in [0.25, 0.3) is 10.0 Å². The fourth-order valence-corrected chi connectivity index (χ4v) is 6.71. The molecule has 12 heteroatoms. The fraction of sp³-hybridized carbons (Fsp3) is 0.727. The lowest BCUT2D eigenvalue weighted by molar-refractivity contribution is 0.159. The highest BCUT2D eigenvalue weighted by Crippen LogP contribution is 2.41. The number of nitrogens with one attached hydrogen (secondary N) is 1. The van der Waals surface area contributed by atoms with Gasteiger partial charge in [-0.25, -0.2) is 30.0 Å². The largest absolute Gasteiger partial charge is 0.486 e. The number of hydrogen-bond acceptors (Lipinski definition) is 6. The normalized spacial score (nSPS) is 16.0. The maximum atomic E-state index is 15.8. The number of nitrogens with zero attached hydrogens (tertiary/aromatic N) is 1. The first-order chi connectivity index (χ1) is 15.9. The fourth-order valence-electron chi connectivity index (χ4n) is 4.07. The molecule has 1 heterocycles. The van der Waals surface area contributed by atoms with Crippen LogP contribution in [-0.4, -0.2) is 42.3 Å². The molecular weight excluding hydrogens is 493 g/mol. The van der Waals surface area contributed by atoms with Gasteiger partial charge in [-0.05, 0) is 38.5 Å². The maximum absolute atomic E-state index is 15.8. The van der Waals surface area contributed by atoms with Crippen molar-refractivity contribution in [2.45, 2.75) is 89.1 Å². The molecule has 1 aromatic rings. The smallest absolute Gasteiger partial charge is 0.260 e. The molecule has 0 aliphatic carbocycles. The van der Waals surface area contributed by atoms with Gasteiger partial charge >= 0.3 is 0 Å². The quantitative estimate of drug-likeness (QED) is 0.291. The molecule has 196 valence electrons. The third-order valence-electron chi connectivity index (χ3n) is 5.71. The Kier molecular flexibility index (Phi) is 10.5. The number of sulfonamides is 2. The van der Waals surface area contributed by atoms with Gasteiger partial charge in [-0.2, -0.15) is 0 Å². The van der Waals surface area contributed by atoms with E-state index in [-0.39, 0.29) is 13.1 Å². The molecule has 1 aromatic carbocycles. The third kappa shape index (κ3) is 7.48. The molecule has 0 radical (unpaired) electrons. The summed E-state index contributed by atoms with van der Waals surface area (Å²) in [5.74, 6) is -5.87. The van der Waals surface area contributed by atoms with Gasteiger partial charge in [0.15, 0.2) is 28.1 Å². The van der Waals surface area contributed by atoms with Gasteiger partial charge < -0.3 is 9.64 Å². The van der Waals surface area contributed by atoms with Crippen LogP contribution in [0.1, 0.15) is 78.1 Å². The first-order valence-electron chi connectivity index (χ1n) is 11.8. The van der Waals surface area contributed by atoms with Crippen molar-refractivity contribution in [2.24, 2.45) is 0 Å². The minimum Gasteiger partial charge on any atom is -0.486 e. The lowest BCUT2D eigenvalue weighted by atomic mass is 10.0. The van der Waals surface area contributed by atoms with Crippen molar-refractivity contribution >= 4 is 25.7 Å². The number of rotatable bonds is 13. The Morgan fingerprint density at radius 3 is 2.03 bits per heavy atom. The number of ether oxygens (including phenoxy) is 1. The van der Waals surface area contributed by atoms with E-state index in [0.29, 0.717) is 38.4 Å². The number of benzene rings is 1. The summed E-state index contributed by atoms with van der Waals surface area (Å²) in [7, 11) is -9.60.